The normalized spacial score (nSPS) is 11.9. The van der Waals surface area contributed by atoms with E-state index in [1.54, 1.807) is 67.8 Å². The number of hydrogen-bond donors (Lipinski definition) is 1. The second-order valence-electron chi connectivity index (χ2n) is 8.21. The average molecular weight is 636 g/mol. The van der Waals surface area contributed by atoms with Crippen molar-refractivity contribution in [2.75, 3.05) is 25.0 Å². The van der Waals surface area contributed by atoms with Gasteiger partial charge in [0.25, 0.3) is 10.0 Å². The van der Waals surface area contributed by atoms with Gasteiger partial charge in [0.05, 0.1) is 17.7 Å². The van der Waals surface area contributed by atoms with Gasteiger partial charge in [0.15, 0.2) is 0 Å². The molecule has 0 bridgehead atoms. The number of carbonyl (C=O) groups excluding carboxylic acids is 2. The van der Waals surface area contributed by atoms with Crippen LogP contribution in [0.3, 0.4) is 0 Å². The zero-order valence-electron chi connectivity index (χ0n) is 20.9. The van der Waals surface area contributed by atoms with E-state index in [0.717, 1.165) is 13.4 Å². The van der Waals surface area contributed by atoms with E-state index in [9.17, 15) is 18.0 Å². The van der Waals surface area contributed by atoms with Gasteiger partial charge in [0.2, 0.25) is 11.8 Å². The molecule has 0 saturated heterocycles. The smallest absolute Gasteiger partial charge is 0.264 e. The molecule has 0 heterocycles. The molecule has 2 amide bonds. The molecule has 0 aliphatic carbocycles. The number of benzene rings is 3. The summed E-state index contributed by atoms with van der Waals surface area (Å²) in [6, 6.07) is 21.3. The zero-order valence-corrected chi connectivity index (χ0v) is 23.9. The van der Waals surface area contributed by atoms with Crippen LogP contribution in [0.4, 0.5) is 5.69 Å². The number of methoxy groups -OCH3 is 1. The Balaban J connectivity index is 2.04. The van der Waals surface area contributed by atoms with E-state index in [4.69, 9.17) is 4.74 Å². The number of likely N-dealkylation sites (N-methyl/N-ethyl adjacent to an activating group) is 1. The SMILES string of the molecule is CC[C@@H](C(=O)NC)N(Cc1cccc(OC)c1)C(=O)CN(c1ccc(I)cc1)S(=O)(=O)c1ccccc1. The summed E-state index contributed by atoms with van der Waals surface area (Å²) in [4.78, 5) is 28.1. The number of nitrogens with one attached hydrogen (secondary N) is 1. The molecular formula is C27H30IN3O5S. The Bertz CT molecular complexity index is 1320. The molecule has 0 aromatic heterocycles. The van der Waals surface area contributed by atoms with Crippen LogP contribution in [0.15, 0.2) is 83.8 Å². The van der Waals surface area contributed by atoms with E-state index in [2.05, 4.69) is 27.9 Å². The number of carbonyl (C=O) groups is 2. The molecule has 8 nitrogen and oxygen atoms in total. The van der Waals surface area contributed by atoms with Gasteiger partial charge in [-0.25, -0.2) is 8.42 Å². The third kappa shape index (κ3) is 7.01. The lowest BCUT2D eigenvalue weighted by Crippen LogP contribution is -2.51. The van der Waals surface area contributed by atoms with Gasteiger partial charge in [-0.15, -0.1) is 0 Å². The molecule has 0 aliphatic rings. The van der Waals surface area contributed by atoms with Gasteiger partial charge < -0.3 is 15.0 Å². The molecule has 3 aromatic carbocycles. The second-order valence-corrected chi connectivity index (χ2v) is 11.3. The number of anilines is 1. The Labute approximate surface area is 231 Å². The van der Waals surface area contributed by atoms with Crippen LogP contribution in [-0.2, 0) is 26.2 Å². The second kappa shape index (κ2) is 12.9. The van der Waals surface area contributed by atoms with E-state index in [1.807, 2.05) is 13.0 Å². The number of nitrogens with zero attached hydrogens (tertiary/aromatic N) is 2. The maximum Gasteiger partial charge on any atom is 0.264 e. The molecule has 3 aromatic rings. The molecule has 1 N–H and O–H groups in total. The highest BCUT2D eigenvalue weighted by Crippen LogP contribution is 2.26. The van der Waals surface area contributed by atoms with E-state index in [-0.39, 0.29) is 17.3 Å². The molecule has 0 aliphatic heterocycles. The van der Waals surface area contributed by atoms with Crippen molar-refractivity contribution in [2.45, 2.75) is 30.8 Å². The van der Waals surface area contributed by atoms with Crippen LogP contribution >= 0.6 is 22.6 Å². The van der Waals surface area contributed by atoms with E-state index in [1.165, 1.54) is 24.1 Å². The Hall–Kier alpha value is -3.12. The highest BCUT2D eigenvalue weighted by Gasteiger charge is 2.33. The summed E-state index contributed by atoms with van der Waals surface area (Å²) in [5, 5.41) is 2.62. The number of amides is 2. The summed E-state index contributed by atoms with van der Waals surface area (Å²) in [7, 11) is -1.01. The maximum atomic E-state index is 13.9. The van der Waals surface area contributed by atoms with Crippen molar-refractivity contribution in [3.05, 3.63) is 88.0 Å². The Morgan fingerprint density at radius 1 is 1.00 bits per heavy atom. The molecular weight excluding hydrogens is 605 g/mol. The minimum Gasteiger partial charge on any atom is -0.497 e. The zero-order chi connectivity index (χ0) is 27.0. The molecule has 37 heavy (non-hydrogen) atoms. The summed E-state index contributed by atoms with van der Waals surface area (Å²) in [6.45, 7) is 1.44. The number of rotatable bonds is 11. The average Bonchev–Trinajstić information content (AvgIpc) is 2.92. The Morgan fingerprint density at radius 2 is 1.68 bits per heavy atom. The summed E-state index contributed by atoms with van der Waals surface area (Å²) in [5.74, 6) is -0.216. The summed E-state index contributed by atoms with van der Waals surface area (Å²) >= 11 is 2.13. The van der Waals surface area contributed by atoms with Crippen LogP contribution in [0, 0.1) is 3.57 Å². The topological polar surface area (TPSA) is 96.0 Å². The molecule has 1 atom stereocenters. The Morgan fingerprint density at radius 3 is 2.27 bits per heavy atom. The van der Waals surface area contributed by atoms with Gasteiger partial charge in [0.1, 0.15) is 18.3 Å². The van der Waals surface area contributed by atoms with Crippen molar-refractivity contribution in [1.29, 1.82) is 0 Å². The highest BCUT2D eigenvalue weighted by atomic mass is 127. The third-order valence-electron chi connectivity index (χ3n) is 5.84. The molecule has 3 rings (SSSR count). The molecule has 0 fully saturated rings. The quantitative estimate of drug-likeness (QED) is 0.321. The minimum atomic E-state index is -4.07. The van der Waals surface area contributed by atoms with Crippen LogP contribution < -0.4 is 14.4 Å². The van der Waals surface area contributed by atoms with Crippen molar-refractivity contribution in [3.8, 4) is 5.75 Å². The lowest BCUT2D eigenvalue weighted by Gasteiger charge is -2.33. The van der Waals surface area contributed by atoms with Gasteiger partial charge >= 0.3 is 0 Å². The maximum absolute atomic E-state index is 13.9. The first-order valence-electron chi connectivity index (χ1n) is 11.7. The van der Waals surface area contributed by atoms with Gasteiger partial charge in [-0.05, 0) is 83.1 Å². The van der Waals surface area contributed by atoms with Crippen LogP contribution in [-0.4, -0.2) is 51.9 Å². The first-order chi connectivity index (χ1) is 17.7. The number of halogens is 1. The van der Waals surface area contributed by atoms with Crippen LogP contribution in [0.5, 0.6) is 5.75 Å². The van der Waals surface area contributed by atoms with Gasteiger partial charge in [0, 0.05) is 17.2 Å². The first kappa shape index (κ1) is 28.5. The highest BCUT2D eigenvalue weighted by molar-refractivity contribution is 14.1. The fourth-order valence-corrected chi connectivity index (χ4v) is 5.70. The summed E-state index contributed by atoms with van der Waals surface area (Å²) in [5.41, 5.74) is 1.11. The van der Waals surface area contributed by atoms with E-state index >= 15 is 0 Å². The van der Waals surface area contributed by atoms with Crippen molar-refractivity contribution >= 4 is 50.1 Å². The van der Waals surface area contributed by atoms with Crippen molar-refractivity contribution in [1.82, 2.24) is 10.2 Å². The first-order valence-corrected chi connectivity index (χ1v) is 14.2. The largest absolute Gasteiger partial charge is 0.497 e. The third-order valence-corrected chi connectivity index (χ3v) is 8.35. The molecule has 0 spiro atoms. The predicted molar refractivity (Wildman–Crippen MR) is 152 cm³/mol. The van der Waals surface area contributed by atoms with Crippen LogP contribution in [0.25, 0.3) is 0 Å². The van der Waals surface area contributed by atoms with Crippen LogP contribution in [0.2, 0.25) is 0 Å². The fraction of sp³-hybridized carbons (Fsp3) is 0.259. The summed E-state index contributed by atoms with van der Waals surface area (Å²) in [6.07, 6.45) is 0.352. The molecule has 0 radical (unpaired) electrons. The van der Waals surface area contributed by atoms with Gasteiger partial charge in [-0.2, -0.15) is 0 Å². The van der Waals surface area contributed by atoms with E-state index in [0.29, 0.717) is 17.9 Å². The minimum absolute atomic E-state index is 0.0686. The van der Waals surface area contributed by atoms with Gasteiger partial charge in [-0.1, -0.05) is 37.3 Å². The van der Waals surface area contributed by atoms with Crippen molar-refractivity contribution < 1.29 is 22.7 Å². The summed E-state index contributed by atoms with van der Waals surface area (Å²) < 4.78 is 34.7. The van der Waals surface area contributed by atoms with Gasteiger partial charge in [-0.3, -0.25) is 13.9 Å². The Kier molecular flexibility index (Phi) is 9.93. The van der Waals surface area contributed by atoms with E-state index < -0.39 is 28.5 Å². The monoisotopic (exact) mass is 635 g/mol. The lowest BCUT2D eigenvalue weighted by atomic mass is 10.1. The fourth-order valence-electron chi connectivity index (χ4n) is 3.91. The van der Waals surface area contributed by atoms with Crippen molar-refractivity contribution in [2.24, 2.45) is 0 Å². The molecule has 0 saturated carbocycles. The molecule has 196 valence electrons. The number of hydrogen-bond acceptors (Lipinski definition) is 5. The number of sulfonamides is 1. The lowest BCUT2D eigenvalue weighted by molar-refractivity contribution is -0.140. The molecule has 0 unspecified atom stereocenters. The standard InChI is InChI=1S/C27H30IN3O5S/c1-4-25(27(33)29-2)30(18-20-9-8-10-23(17-20)36-3)26(32)19-31(22-15-13-21(28)14-16-22)37(34,35)24-11-6-5-7-12-24/h5-17,25H,4,18-19H2,1-3H3,(H,29,33)/t25-/m0/s1. The number of ether oxygens (including phenoxy) is 1. The molecule has 10 heteroatoms. The van der Waals surface area contributed by atoms with Crippen molar-refractivity contribution in [3.63, 3.8) is 0 Å². The van der Waals surface area contributed by atoms with Crippen LogP contribution in [0.1, 0.15) is 18.9 Å². The predicted octanol–water partition coefficient (Wildman–Crippen LogP) is 4.05.